The van der Waals surface area contributed by atoms with Gasteiger partial charge in [0.2, 0.25) is 0 Å². The first-order valence-electron chi connectivity index (χ1n) is 7.94. The lowest BCUT2D eigenvalue weighted by molar-refractivity contribution is 0.0956. The first-order chi connectivity index (χ1) is 10.8. The second-order valence-corrected chi connectivity index (χ2v) is 5.70. The van der Waals surface area contributed by atoms with Crippen molar-refractivity contribution in [3.8, 4) is 0 Å². The molecule has 1 aliphatic rings. The Kier molecular flexibility index (Phi) is 4.69. The average molecular weight is 291 g/mol. The molecule has 0 saturated heterocycles. The molecular weight excluding hydrogens is 270 g/mol. The molecular formula is C20H21NO. The summed E-state index contributed by atoms with van der Waals surface area (Å²) in [5.41, 5.74) is 4.81. The molecule has 3 rings (SSSR count). The average Bonchev–Trinajstić information content (AvgIpc) is 2.61. The predicted molar refractivity (Wildman–Crippen MR) is 90.6 cm³/mol. The molecule has 112 valence electrons. The first-order valence-corrected chi connectivity index (χ1v) is 7.94. The number of hydrogen-bond donors (Lipinski definition) is 1. The standard InChI is InChI=1S/C20H21NO/c22-20(17-11-5-2-6-12-17)21-15-18-13-7-8-14-19(18)16-9-3-1-4-10-16/h1-6,9-12H,7-8,13-15H2,(H,21,22). The van der Waals surface area contributed by atoms with Gasteiger partial charge < -0.3 is 5.32 Å². The highest BCUT2D eigenvalue weighted by molar-refractivity contribution is 5.94. The molecule has 1 aliphatic carbocycles. The largest absolute Gasteiger partial charge is 0.348 e. The van der Waals surface area contributed by atoms with Crippen molar-refractivity contribution in [1.29, 1.82) is 0 Å². The Labute approximate surface area is 131 Å². The topological polar surface area (TPSA) is 29.1 Å². The predicted octanol–water partition coefficient (Wildman–Crippen LogP) is 4.44. The van der Waals surface area contributed by atoms with Gasteiger partial charge in [-0.2, -0.15) is 0 Å². The van der Waals surface area contributed by atoms with Crippen molar-refractivity contribution < 1.29 is 4.79 Å². The van der Waals surface area contributed by atoms with Crippen molar-refractivity contribution in [3.63, 3.8) is 0 Å². The van der Waals surface area contributed by atoms with E-state index in [2.05, 4.69) is 29.6 Å². The van der Waals surface area contributed by atoms with Crippen LogP contribution in [0.1, 0.15) is 41.6 Å². The monoisotopic (exact) mass is 291 g/mol. The van der Waals surface area contributed by atoms with Crippen molar-refractivity contribution in [1.82, 2.24) is 5.32 Å². The SMILES string of the molecule is O=C(NCC1=C(c2ccccc2)CCCC1)c1ccccc1. The van der Waals surface area contributed by atoms with Crippen LogP contribution in [0.2, 0.25) is 0 Å². The van der Waals surface area contributed by atoms with E-state index in [9.17, 15) is 4.79 Å². The fourth-order valence-electron chi connectivity index (χ4n) is 3.03. The molecule has 1 N–H and O–H groups in total. The fraction of sp³-hybridized carbons (Fsp3) is 0.250. The maximum Gasteiger partial charge on any atom is 0.251 e. The van der Waals surface area contributed by atoms with Gasteiger partial charge in [-0.3, -0.25) is 4.79 Å². The number of allylic oxidation sites excluding steroid dienone is 1. The molecule has 0 saturated carbocycles. The van der Waals surface area contributed by atoms with Crippen LogP contribution in [0.15, 0.2) is 66.2 Å². The van der Waals surface area contributed by atoms with Crippen molar-refractivity contribution in [2.45, 2.75) is 25.7 Å². The summed E-state index contributed by atoms with van der Waals surface area (Å²) in [5.74, 6) is 0.00563. The van der Waals surface area contributed by atoms with E-state index in [0.717, 1.165) is 18.4 Å². The van der Waals surface area contributed by atoms with Gasteiger partial charge in [0.05, 0.1) is 0 Å². The number of hydrogen-bond acceptors (Lipinski definition) is 1. The van der Waals surface area contributed by atoms with Crippen molar-refractivity contribution in [3.05, 3.63) is 77.4 Å². The van der Waals surface area contributed by atoms with Gasteiger partial charge in [-0.25, -0.2) is 0 Å². The molecule has 2 nitrogen and oxygen atoms in total. The second kappa shape index (κ2) is 7.08. The van der Waals surface area contributed by atoms with E-state index in [1.165, 1.54) is 29.6 Å². The second-order valence-electron chi connectivity index (χ2n) is 5.70. The quantitative estimate of drug-likeness (QED) is 0.886. The van der Waals surface area contributed by atoms with Crippen LogP contribution in [-0.2, 0) is 0 Å². The highest BCUT2D eigenvalue weighted by Gasteiger charge is 2.15. The van der Waals surface area contributed by atoms with E-state index < -0.39 is 0 Å². The van der Waals surface area contributed by atoms with Gasteiger partial charge in [-0.15, -0.1) is 0 Å². The van der Waals surface area contributed by atoms with Gasteiger partial charge in [0.15, 0.2) is 0 Å². The third-order valence-corrected chi connectivity index (χ3v) is 4.20. The van der Waals surface area contributed by atoms with E-state index in [1.54, 1.807) is 0 Å². The third kappa shape index (κ3) is 3.45. The van der Waals surface area contributed by atoms with Gasteiger partial charge in [0.25, 0.3) is 5.91 Å². The van der Waals surface area contributed by atoms with Crippen molar-refractivity contribution >= 4 is 11.5 Å². The summed E-state index contributed by atoms with van der Waals surface area (Å²) in [6.45, 7) is 0.651. The minimum absolute atomic E-state index is 0.00563. The minimum Gasteiger partial charge on any atom is -0.348 e. The van der Waals surface area contributed by atoms with E-state index >= 15 is 0 Å². The van der Waals surface area contributed by atoms with Crippen LogP contribution in [0.3, 0.4) is 0 Å². The lowest BCUT2D eigenvalue weighted by Gasteiger charge is -2.21. The molecule has 0 bridgehead atoms. The van der Waals surface area contributed by atoms with Gasteiger partial charge in [-0.1, -0.05) is 48.5 Å². The van der Waals surface area contributed by atoms with Crippen LogP contribution in [0.25, 0.3) is 5.57 Å². The van der Waals surface area contributed by atoms with Gasteiger partial charge in [0, 0.05) is 12.1 Å². The Morgan fingerprint density at radius 1 is 0.864 bits per heavy atom. The van der Waals surface area contributed by atoms with Crippen LogP contribution in [0.4, 0.5) is 0 Å². The molecule has 0 atom stereocenters. The highest BCUT2D eigenvalue weighted by atomic mass is 16.1. The molecule has 0 aliphatic heterocycles. The lowest BCUT2D eigenvalue weighted by Crippen LogP contribution is -2.26. The number of rotatable bonds is 4. The Bertz CT molecular complexity index is 659. The summed E-state index contributed by atoms with van der Waals surface area (Å²) >= 11 is 0. The van der Waals surface area contributed by atoms with E-state index in [0.29, 0.717) is 6.54 Å². The number of amides is 1. The maximum atomic E-state index is 12.2. The zero-order valence-corrected chi connectivity index (χ0v) is 12.7. The Hall–Kier alpha value is -2.35. The molecule has 2 aromatic rings. The number of benzene rings is 2. The number of carbonyl (C=O) groups is 1. The molecule has 0 aromatic heterocycles. The van der Waals surface area contributed by atoms with Gasteiger partial charge in [-0.05, 0) is 54.5 Å². The van der Waals surface area contributed by atoms with Crippen LogP contribution in [-0.4, -0.2) is 12.5 Å². The van der Waals surface area contributed by atoms with Crippen LogP contribution < -0.4 is 5.32 Å². The summed E-state index contributed by atoms with van der Waals surface area (Å²) in [7, 11) is 0. The van der Waals surface area contributed by atoms with Gasteiger partial charge >= 0.3 is 0 Å². The van der Waals surface area contributed by atoms with Crippen LogP contribution in [0, 0.1) is 0 Å². The molecule has 0 radical (unpaired) electrons. The molecule has 2 aromatic carbocycles. The smallest absolute Gasteiger partial charge is 0.251 e. The third-order valence-electron chi connectivity index (χ3n) is 4.20. The molecule has 1 amide bonds. The summed E-state index contributed by atoms with van der Waals surface area (Å²) < 4.78 is 0. The zero-order chi connectivity index (χ0) is 15.2. The van der Waals surface area contributed by atoms with Gasteiger partial charge in [0.1, 0.15) is 0 Å². The summed E-state index contributed by atoms with van der Waals surface area (Å²) in [6.07, 6.45) is 4.65. The van der Waals surface area contributed by atoms with E-state index in [-0.39, 0.29) is 5.91 Å². The molecule has 0 fully saturated rings. The van der Waals surface area contributed by atoms with E-state index in [1.807, 2.05) is 36.4 Å². The van der Waals surface area contributed by atoms with Crippen LogP contribution in [0.5, 0.6) is 0 Å². The summed E-state index contributed by atoms with van der Waals surface area (Å²) in [5, 5.41) is 3.07. The lowest BCUT2D eigenvalue weighted by atomic mass is 9.87. The van der Waals surface area contributed by atoms with Crippen LogP contribution >= 0.6 is 0 Å². The maximum absolute atomic E-state index is 12.2. The zero-order valence-electron chi connectivity index (χ0n) is 12.7. The number of carbonyl (C=O) groups excluding carboxylic acids is 1. The minimum atomic E-state index is 0.00563. The van der Waals surface area contributed by atoms with E-state index in [4.69, 9.17) is 0 Å². The highest BCUT2D eigenvalue weighted by Crippen LogP contribution is 2.31. The van der Waals surface area contributed by atoms with Crippen molar-refractivity contribution in [2.24, 2.45) is 0 Å². The Morgan fingerprint density at radius 2 is 1.50 bits per heavy atom. The Balaban J connectivity index is 1.74. The summed E-state index contributed by atoms with van der Waals surface area (Å²) in [4.78, 5) is 12.2. The molecule has 0 heterocycles. The number of nitrogens with one attached hydrogen (secondary N) is 1. The first kappa shape index (κ1) is 14.6. The molecule has 22 heavy (non-hydrogen) atoms. The molecule has 0 spiro atoms. The normalized spacial score (nSPS) is 14.7. The molecule has 2 heteroatoms. The summed E-state index contributed by atoms with van der Waals surface area (Å²) in [6, 6.07) is 19.9. The van der Waals surface area contributed by atoms with Crippen molar-refractivity contribution in [2.75, 3.05) is 6.54 Å². The Morgan fingerprint density at radius 3 is 2.23 bits per heavy atom. The molecule has 0 unspecified atom stereocenters. The fourth-order valence-corrected chi connectivity index (χ4v) is 3.03.